The van der Waals surface area contributed by atoms with Crippen LogP contribution in [0.2, 0.25) is 0 Å². The molecule has 0 atom stereocenters. The number of furan rings is 1. The molecule has 1 heterocycles. The number of aryl methyl sites for hydroxylation is 1. The van der Waals surface area contributed by atoms with Crippen molar-refractivity contribution < 1.29 is 4.42 Å². The second-order valence-corrected chi connectivity index (χ2v) is 15.4. The molecule has 0 radical (unpaired) electrons. The van der Waals surface area contributed by atoms with E-state index in [9.17, 15) is 0 Å². The summed E-state index contributed by atoms with van der Waals surface area (Å²) in [6.45, 7) is 0. The molecule has 10 aromatic carbocycles. The van der Waals surface area contributed by atoms with Crippen molar-refractivity contribution in [2.45, 2.75) is 12.8 Å². The number of para-hydroxylation sites is 1. The van der Waals surface area contributed by atoms with E-state index in [0.717, 1.165) is 34.8 Å². The van der Waals surface area contributed by atoms with Gasteiger partial charge in [0.05, 0.1) is 0 Å². The third-order valence-corrected chi connectivity index (χ3v) is 12.3. The van der Waals surface area contributed by atoms with Crippen LogP contribution < -0.4 is 0 Å². The Morgan fingerprint density at radius 3 is 1.58 bits per heavy atom. The first-order valence-corrected chi connectivity index (χ1v) is 20.0. The molecule has 1 aliphatic carbocycles. The molecule has 1 heteroatoms. The molecule has 1 aromatic heterocycles. The maximum absolute atomic E-state index is 6.12. The Bertz CT molecular complexity index is 3390. The fourth-order valence-corrected chi connectivity index (χ4v) is 9.70. The molecular weight excluding hydrogens is 689 g/mol. The van der Waals surface area contributed by atoms with Gasteiger partial charge in [-0.05, 0) is 142 Å². The van der Waals surface area contributed by atoms with Crippen molar-refractivity contribution in [2.24, 2.45) is 0 Å². The third-order valence-electron chi connectivity index (χ3n) is 12.3. The quantitative estimate of drug-likeness (QED) is 0.130. The van der Waals surface area contributed by atoms with Crippen LogP contribution in [0.15, 0.2) is 192 Å². The van der Waals surface area contributed by atoms with Crippen molar-refractivity contribution in [3.8, 4) is 44.5 Å². The lowest BCUT2D eigenvalue weighted by Gasteiger charge is -2.19. The van der Waals surface area contributed by atoms with E-state index in [4.69, 9.17) is 4.42 Å². The van der Waals surface area contributed by atoms with E-state index in [-0.39, 0.29) is 0 Å². The Labute approximate surface area is 330 Å². The normalized spacial score (nSPS) is 12.7. The number of allylic oxidation sites excluding steroid dienone is 1. The van der Waals surface area contributed by atoms with Crippen molar-refractivity contribution in [3.63, 3.8) is 0 Å². The highest BCUT2D eigenvalue weighted by Crippen LogP contribution is 2.45. The first-order chi connectivity index (χ1) is 28.3. The zero-order chi connectivity index (χ0) is 37.5. The Hall–Kier alpha value is -7.22. The second-order valence-electron chi connectivity index (χ2n) is 15.4. The number of hydrogen-bond acceptors (Lipinski definition) is 1. The van der Waals surface area contributed by atoms with E-state index in [0.29, 0.717) is 0 Å². The van der Waals surface area contributed by atoms with Gasteiger partial charge in [-0.2, -0.15) is 0 Å². The molecule has 0 saturated heterocycles. The monoisotopic (exact) mass is 724 g/mol. The van der Waals surface area contributed by atoms with Crippen molar-refractivity contribution in [1.29, 1.82) is 0 Å². The standard InChI is InChI=1S/C56H36O/c1-2-16-43-41(14-1)42-15-3-4-17-44(42)51-33-39(28-30-45(43)51)37-12-11-13-40(32-37)56-49-21-7-5-19-47(49)55(48-20-6-8-22-50(48)56)36-26-24-35(25-27-36)38-29-31-54-52(34-38)46-18-9-10-23-53(46)57-54/h1-3,5-16,18-34H,4,17H2. The van der Waals surface area contributed by atoms with Gasteiger partial charge < -0.3 is 4.42 Å². The molecule has 0 bridgehead atoms. The molecule has 0 saturated carbocycles. The fraction of sp³-hybridized carbons (Fsp3) is 0.0357. The third kappa shape index (κ3) is 5.02. The zero-order valence-corrected chi connectivity index (χ0v) is 31.3. The van der Waals surface area contributed by atoms with Crippen LogP contribution in [0.3, 0.4) is 0 Å². The lowest BCUT2D eigenvalue weighted by atomic mass is 9.84. The van der Waals surface area contributed by atoms with Crippen LogP contribution in [0.25, 0.3) is 116 Å². The minimum atomic E-state index is 0.919. The van der Waals surface area contributed by atoms with Crippen molar-refractivity contribution in [2.75, 3.05) is 0 Å². The summed E-state index contributed by atoms with van der Waals surface area (Å²) >= 11 is 0. The van der Waals surface area contributed by atoms with Crippen LogP contribution in [0, 0.1) is 0 Å². The maximum atomic E-state index is 6.12. The van der Waals surface area contributed by atoms with E-state index >= 15 is 0 Å². The molecule has 0 spiro atoms. The first kappa shape index (κ1) is 32.1. The van der Waals surface area contributed by atoms with E-state index in [2.05, 4.69) is 182 Å². The average molecular weight is 725 g/mol. The Morgan fingerprint density at radius 1 is 0.316 bits per heavy atom. The van der Waals surface area contributed by atoms with Gasteiger partial charge in [-0.3, -0.25) is 0 Å². The highest BCUT2D eigenvalue weighted by Gasteiger charge is 2.19. The van der Waals surface area contributed by atoms with E-state index in [1.165, 1.54) is 98.7 Å². The Kier molecular flexibility index (Phi) is 7.12. The summed E-state index contributed by atoms with van der Waals surface area (Å²) in [6, 6.07) is 67.0. The van der Waals surface area contributed by atoms with Gasteiger partial charge in [0, 0.05) is 10.8 Å². The molecule has 0 fully saturated rings. The molecular formula is C56H36O. The smallest absolute Gasteiger partial charge is 0.135 e. The lowest BCUT2D eigenvalue weighted by molar-refractivity contribution is 0.669. The molecule has 12 rings (SSSR count). The maximum Gasteiger partial charge on any atom is 0.135 e. The highest BCUT2D eigenvalue weighted by atomic mass is 16.3. The first-order valence-electron chi connectivity index (χ1n) is 20.0. The Morgan fingerprint density at radius 2 is 0.825 bits per heavy atom. The minimum absolute atomic E-state index is 0.919. The summed E-state index contributed by atoms with van der Waals surface area (Å²) in [5, 5.41) is 12.7. The van der Waals surface area contributed by atoms with Crippen molar-refractivity contribution in [1.82, 2.24) is 0 Å². The molecule has 11 aromatic rings. The van der Waals surface area contributed by atoms with Gasteiger partial charge in [-0.1, -0.05) is 164 Å². The number of benzene rings is 10. The Balaban J connectivity index is 0.989. The molecule has 0 aliphatic heterocycles. The van der Waals surface area contributed by atoms with Crippen LogP contribution >= 0.6 is 0 Å². The lowest BCUT2D eigenvalue weighted by Crippen LogP contribution is -1.98. The van der Waals surface area contributed by atoms with Crippen LogP contribution in [0.1, 0.15) is 17.5 Å². The molecule has 57 heavy (non-hydrogen) atoms. The van der Waals surface area contributed by atoms with Gasteiger partial charge >= 0.3 is 0 Å². The largest absolute Gasteiger partial charge is 0.456 e. The van der Waals surface area contributed by atoms with Crippen LogP contribution in [-0.2, 0) is 6.42 Å². The molecule has 1 aliphatic rings. The van der Waals surface area contributed by atoms with Gasteiger partial charge in [0.2, 0.25) is 0 Å². The fourth-order valence-electron chi connectivity index (χ4n) is 9.70. The van der Waals surface area contributed by atoms with Gasteiger partial charge in [0.1, 0.15) is 11.2 Å². The van der Waals surface area contributed by atoms with Gasteiger partial charge in [0.25, 0.3) is 0 Å². The average Bonchev–Trinajstić information content (AvgIpc) is 3.66. The van der Waals surface area contributed by atoms with Crippen LogP contribution in [-0.4, -0.2) is 0 Å². The summed E-state index contributed by atoms with van der Waals surface area (Å²) in [4.78, 5) is 0. The summed E-state index contributed by atoms with van der Waals surface area (Å²) in [6.07, 6.45) is 6.82. The van der Waals surface area contributed by atoms with Gasteiger partial charge in [-0.15, -0.1) is 0 Å². The summed E-state index contributed by atoms with van der Waals surface area (Å²) in [7, 11) is 0. The summed E-state index contributed by atoms with van der Waals surface area (Å²) in [5.74, 6) is 0. The highest BCUT2D eigenvalue weighted by molar-refractivity contribution is 6.22. The van der Waals surface area contributed by atoms with E-state index < -0.39 is 0 Å². The molecule has 0 N–H and O–H groups in total. The number of rotatable bonds is 4. The van der Waals surface area contributed by atoms with Gasteiger partial charge in [-0.25, -0.2) is 0 Å². The summed E-state index contributed by atoms with van der Waals surface area (Å²) < 4.78 is 6.12. The van der Waals surface area contributed by atoms with E-state index in [1.54, 1.807) is 0 Å². The molecule has 266 valence electrons. The summed E-state index contributed by atoms with van der Waals surface area (Å²) in [5.41, 5.74) is 14.5. The number of hydrogen-bond donors (Lipinski definition) is 0. The van der Waals surface area contributed by atoms with Gasteiger partial charge in [0.15, 0.2) is 0 Å². The van der Waals surface area contributed by atoms with Crippen molar-refractivity contribution >= 4 is 71.1 Å². The van der Waals surface area contributed by atoms with Crippen molar-refractivity contribution in [3.05, 3.63) is 199 Å². The van der Waals surface area contributed by atoms with E-state index in [1.807, 2.05) is 12.1 Å². The second kappa shape index (κ2) is 12.7. The molecule has 1 nitrogen and oxygen atoms in total. The molecule has 0 amide bonds. The SMILES string of the molecule is C1=Cc2c(c3cc(-c4cccc(-c5c6ccccc6c(-c6ccc(-c7ccc8oc9ccccc9c8c7)cc6)c6ccccc56)c4)ccc3c3ccccc23)CC1. The zero-order valence-electron chi connectivity index (χ0n) is 31.3. The topological polar surface area (TPSA) is 13.1 Å². The predicted octanol–water partition coefficient (Wildman–Crippen LogP) is 15.8. The number of fused-ring (bicyclic) bond motifs is 11. The predicted molar refractivity (Wildman–Crippen MR) is 243 cm³/mol. The van der Waals surface area contributed by atoms with Crippen LogP contribution in [0.5, 0.6) is 0 Å². The molecule has 0 unspecified atom stereocenters. The van der Waals surface area contributed by atoms with Crippen LogP contribution in [0.4, 0.5) is 0 Å². The minimum Gasteiger partial charge on any atom is -0.456 e.